The molecule has 38 heavy (non-hydrogen) atoms. The van der Waals surface area contributed by atoms with Gasteiger partial charge in [-0.25, -0.2) is 9.18 Å². The second-order valence-corrected chi connectivity index (χ2v) is 6.70. The first-order valence-corrected chi connectivity index (χ1v) is 8.59. The minimum atomic E-state index is -8.11. The molecule has 1 aromatic carbocycles. The maximum atomic E-state index is 14.3. The largest absolute Gasteiger partial charge is 0.462 e. The third-order valence-corrected chi connectivity index (χ3v) is 3.91. The fourth-order valence-electron chi connectivity index (χ4n) is 1.97. The smallest absolute Gasteiger partial charge is 0.456 e. The van der Waals surface area contributed by atoms with Gasteiger partial charge in [-0.05, 0) is 17.7 Å². The summed E-state index contributed by atoms with van der Waals surface area (Å²) in [4.78, 5) is 11.5. The van der Waals surface area contributed by atoms with Crippen molar-refractivity contribution in [3.8, 4) is 0 Å². The van der Waals surface area contributed by atoms with Crippen LogP contribution in [0.2, 0.25) is 0 Å². The number of esters is 1. The normalized spacial score (nSPS) is 17.5. The van der Waals surface area contributed by atoms with Crippen LogP contribution in [0.1, 0.15) is 5.56 Å². The van der Waals surface area contributed by atoms with Crippen LogP contribution in [0.4, 0.5) is 79.0 Å². The molecule has 0 fully saturated rings. The van der Waals surface area contributed by atoms with Gasteiger partial charge >= 0.3 is 54.3 Å². The van der Waals surface area contributed by atoms with Crippen molar-refractivity contribution in [3.05, 3.63) is 35.6 Å². The molecule has 4 nitrogen and oxygen atoms in total. The first kappa shape index (κ1) is 33.4. The minimum absolute atomic E-state index is 0.537. The molecule has 0 amide bonds. The summed E-state index contributed by atoms with van der Waals surface area (Å²) in [6.07, 6.45) is -38.9. The van der Waals surface area contributed by atoms with Crippen LogP contribution in [0, 0.1) is 5.82 Å². The third-order valence-electron chi connectivity index (χ3n) is 3.91. The predicted molar refractivity (Wildman–Crippen MR) is 79.1 cm³/mol. The lowest BCUT2D eigenvalue weighted by Gasteiger charge is -2.39. The van der Waals surface area contributed by atoms with Gasteiger partial charge in [-0.3, -0.25) is 9.47 Å². The Balaban J connectivity index is 3.51. The van der Waals surface area contributed by atoms with Crippen LogP contribution < -0.4 is 0 Å². The quantitative estimate of drug-likeness (QED) is 0.232. The van der Waals surface area contributed by atoms with E-state index >= 15 is 0 Å². The zero-order valence-corrected chi connectivity index (χ0v) is 17.0. The molecule has 220 valence electrons. The molecular weight excluding hydrogens is 598 g/mol. The van der Waals surface area contributed by atoms with Crippen LogP contribution in [0.5, 0.6) is 0 Å². The topological polar surface area (TPSA) is 44.8 Å². The first-order chi connectivity index (χ1) is 16.6. The fraction of sp³-hybridized carbons (Fsp3) is 0.562. The average molecular weight is 604 g/mol. The lowest BCUT2D eigenvalue weighted by atomic mass is 10.2. The molecule has 0 bridgehead atoms. The highest BCUT2D eigenvalue weighted by Gasteiger charge is 2.85. The maximum Gasteiger partial charge on any atom is 0.462 e. The van der Waals surface area contributed by atoms with E-state index in [0.29, 0.717) is 24.3 Å². The van der Waals surface area contributed by atoms with Crippen LogP contribution in [0.15, 0.2) is 24.3 Å². The fourth-order valence-corrected chi connectivity index (χ4v) is 1.97. The van der Waals surface area contributed by atoms with Crippen LogP contribution in [-0.2, 0) is 25.6 Å². The van der Waals surface area contributed by atoms with E-state index in [1.54, 1.807) is 0 Å². The zero-order valence-electron chi connectivity index (χ0n) is 17.0. The molecule has 22 heteroatoms. The van der Waals surface area contributed by atoms with Gasteiger partial charge in [-0.1, -0.05) is 12.1 Å². The Hall–Kier alpha value is -2.65. The van der Waals surface area contributed by atoms with Crippen molar-refractivity contribution in [2.24, 2.45) is 0 Å². The Morgan fingerprint density at radius 2 is 1.05 bits per heavy atom. The highest BCUT2D eigenvalue weighted by Crippen LogP contribution is 2.56. The molecule has 1 aromatic rings. The highest BCUT2D eigenvalue weighted by molar-refractivity contribution is 5.78. The number of rotatable bonds is 9. The Kier molecular flexibility index (Phi) is 8.63. The van der Waals surface area contributed by atoms with E-state index in [1.807, 2.05) is 4.74 Å². The number of ether oxygens (including phenoxy) is 3. The molecule has 2 atom stereocenters. The summed E-state index contributed by atoms with van der Waals surface area (Å²) in [6, 6.07) is 2.29. The van der Waals surface area contributed by atoms with E-state index in [0.717, 1.165) is 0 Å². The monoisotopic (exact) mass is 604 g/mol. The molecule has 0 N–H and O–H groups in total. The standard InChI is InChI=1S/C16H6F18O4/c17-7-3-1-6(2-4-7)5-36-8(35)9(18,12(22,23)24)37-16(33,34)11(21,14(28,29)30)38-15(31,32)10(19,20)13(25,26)27/h1-4H,5H2/t9-,11+/m1/s1. The van der Waals surface area contributed by atoms with Gasteiger partial charge in [0.1, 0.15) is 12.4 Å². The SMILES string of the molecule is O=C(OCc1ccc(F)cc1)[C@@](F)(OC(F)(F)[C@@](F)(OC(F)(F)C(F)(F)C(F)(F)F)C(F)(F)F)C(F)(F)F. The number of benzene rings is 1. The summed E-state index contributed by atoms with van der Waals surface area (Å²) in [5.41, 5.74) is -0.552. The van der Waals surface area contributed by atoms with Crippen molar-refractivity contribution in [3.63, 3.8) is 0 Å². The number of carbonyl (C=O) groups is 1. The highest BCUT2D eigenvalue weighted by atomic mass is 19.4. The Labute approximate surface area is 196 Å². The van der Waals surface area contributed by atoms with Crippen molar-refractivity contribution in [1.82, 2.24) is 0 Å². The maximum absolute atomic E-state index is 14.3. The van der Waals surface area contributed by atoms with Gasteiger partial charge < -0.3 is 4.74 Å². The molecule has 0 aliphatic heterocycles. The zero-order chi connectivity index (χ0) is 30.4. The van der Waals surface area contributed by atoms with Gasteiger partial charge in [0, 0.05) is 0 Å². The Bertz CT molecular complexity index is 982. The molecule has 0 saturated carbocycles. The summed E-state index contributed by atoms with van der Waals surface area (Å²) in [7, 11) is 0. The van der Waals surface area contributed by atoms with Gasteiger partial charge in [0.25, 0.3) is 0 Å². The van der Waals surface area contributed by atoms with Crippen molar-refractivity contribution >= 4 is 5.97 Å². The third kappa shape index (κ3) is 6.15. The van der Waals surface area contributed by atoms with E-state index in [1.165, 1.54) is 4.74 Å². The van der Waals surface area contributed by atoms with Crippen LogP contribution in [-0.4, -0.2) is 54.3 Å². The molecule has 0 unspecified atom stereocenters. The molecule has 0 aliphatic carbocycles. The van der Waals surface area contributed by atoms with E-state index in [2.05, 4.69) is 4.74 Å². The van der Waals surface area contributed by atoms with Gasteiger partial charge in [-0.15, -0.1) is 0 Å². The van der Waals surface area contributed by atoms with E-state index in [4.69, 9.17) is 0 Å². The number of halogens is 18. The second-order valence-electron chi connectivity index (χ2n) is 6.70. The van der Waals surface area contributed by atoms with E-state index in [-0.39, 0.29) is 0 Å². The summed E-state index contributed by atoms with van der Waals surface area (Å²) in [6.45, 7) is -1.61. The molecule has 0 aromatic heterocycles. The molecular formula is C16H6F18O4. The Morgan fingerprint density at radius 3 is 1.42 bits per heavy atom. The van der Waals surface area contributed by atoms with Crippen molar-refractivity contribution < 1.29 is 98.0 Å². The molecule has 0 aliphatic rings. The number of carbonyl (C=O) groups excluding carboxylic acids is 1. The predicted octanol–water partition coefficient (Wildman–Crippen LogP) is 6.74. The summed E-state index contributed by atoms with van der Waals surface area (Å²) < 4.78 is 241. The minimum Gasteiger partial charge on any atom is -0.456 e. The molecule has 0 spiro atoms. The van der Waals surface area contributed by atoms with Crippen molar-refractivity contribution in [1.29, 1.82) is 0 Å². The number of hydrogen-bond donors (Lipinski definition) is 0. The van der Waals surface area contributed by atoms with Crippen LogP contribution >= 0.6 is 0 Å². The Morgan fingerprint density at radius 1 is 0.605 bits per heavy atom. The van der Waals surface area contributed by atoms with Crippen molar-refractivity contribution in [2.45, 2.75) is 55.0 Å². The second kappa shape index (κ2) is 9.83. The summed E-state index contributed by atoms with van der Waals surface area (Å²) in [5, 5.41) is 0. The average Bonchev–Trinajstić information content (AvgIpc) is 2.69. The van der Waals surface area contributed by atoms with Crippen LogP contribution in [0.3, 0.4) is 0 Å². The van der Waals surface area contributed by atoms with Gasteiger partial charge in [-0.2, -0.15) is 74.6 Å². The van der Waals surface area contributed by atoms with E-state index < -0.39 is 72.3 Å². The van der Waals surface area contributed by atoms with Crippen molar-refractivity contribution in [2.75, 3.05) is 0 Å². The molecule has 0 saturated heterocycles. The summed E-state index contributed by atoms with van der Waals surface area (Å²) >= 11 is 0. The van der Waals surface area contributed by atoms with Gasteiger partial charge in [0.05, 0.1) is 0 Å². The lowest BCUT2D eigenvalue weighted by molar-refractivity contribution is -0.548. The van der Waals surface area contributed by atoms with Gasteiger partial charge in [0.15, 0.2) is 0 Å². The molecule has 0 heterocycles. The van der Waals surface area contributed by atoms with Gasteiger partial charge in [0.2, 0.25) is 0 Å². The summed E-state index contributed by atoms with van der Waals surface area (Å²) in [5.74, 6) is -27.8. The number of hydrogen-bond acceptors (Lipinski definition) is 4. The first-order valence-electron chi connectivity index (χ1n) is 8.59. The van der Waals surface area contributed by atoms with E-state index in [9.17, 15) is 83.8 Å². The van der Waals surface area contributed by atoms with Crippen LogP contribution in [0.25, 0.3) is 0 Å². The lowest BCUT2D eigenvalue weighted by Crippen LogP contribution is -2.68. The molecule has 1 rings (SSSR count). The number of alkyl halides is 17. The molecule has 0 radical (unpaired) electrons.